The molecule has 5 N–H and O–H groups in total. The highest BCUT2D eigenvalue weighted by molar-refractivity contribution is 6.11. The molecule has 3 aromatic rings. The molecule has 0 radical (unpaired) electrons. The second kappa shape index (κ2) is 7.53. The van der Waals surface area contributed by atoms with E-state index in [0.717, 1.165) is 12.1 Å². The molecule has 8 heteroatoms. The first-order valence-electron chi connectivity index (χ1n) is 8.91. The van der Waals surface area contributed by atoms with Crippen molar-refractivity contribution < 1.29 is 10.2 Å². The van der Waals surface area contributed by atoms with Crippen LogP contribution in [0.4, 0.5) is 11.5 Å². The van der Waals surface area contributed by atoms with E-state index in [9.17, 15) is 4.79 Å². The summed E-state index contributed by atoms with van der Waals surface area (Å²) >= 11 is 0. The van der Waals surface area contributed by atoms with Crippen LogP contribution < -0.4 is 21.4 Å². The highest BCUT2D eigenvalue weighted by Gasteiger charge is 2.23. The largest absolute Gasteiger partial charge is 0.397 e. The fourth-order valence-corrected chi connectivity index (χ4v) is 3.08. The average Bonchev–Trinajstić information content (AvgIpc) is 2.75. The van der Waals surface area contributed by atoms with Crippen molar-refractivity contribution in [3.63, 3.8) is 0 Å². The molecule has 1 aliphatic heterocycles. The van der Waals surface area contributed by atoms with Gasteiger partial charge in [0.15, 0.2) is 0 Å². The summed E-state index contributed by atoms with van der Waals surface area (Å²) in [5.41, 5.74) is 9.79. The van der Waals surface area contributed by atoms with E-state index in [0.29, 0.717) is 47.3 Å². The van der Waals surface area contributed by atoms with Crippen molar-refractivity contribution >= 4 is 23.1 Å². The van der Waals surface area contributed by atoms with Crippen LogP contribution in [-0.4, -0.2) is 46.2 Å². The quantitative estimate of drug-likeness (QED) is 0.537. The summed E-state index contributed by atoms with van der Waals surface area (Å²) in [7, 11) is 0. The molecule has 0 spiro atoms. The molecule has 0 aromatic carbocycles. The van der Waals surface area contributed by atoms with Gasteiger partial charge >= 0.3 is 0 Å². The van der Waals surface area contributed by atoms with Crippen LogP contribution in [0.15, 0.2) is 55.0 Å². The van der Waals surface area contributed by atoms with E-state index in [1.54, 1.807) is 35.6 Å². The van der Waals surface area contributed by atoms with Gasteiger partial charge in [-0.3, -0.25) is 25.1 Å². The fourth-order valence-electron chi connectivity index (χ4n) is 3.08. The van der Waals surface area contributed by atoms with Crippen LogP contribution >= 0.6 is 0 Å². The number of amides is 1. The molecule has 1 aliphatic rings. The summed E-state index contributed by atoms with van der Waals surface area (Å²) in [6, 6.07) is 11.0. The Bertz CT molecular complexity index is 1040. The van der Waals surface area contributed by atoms with Crippen LogP contribution in [0.2, 0.25) is 0 Å². The van der Waals surface area contributed by atoms with Crippen molar-refractivity contribution in [1.82, 2.24) is 20.3 Å². The number of carbonyl (C=O) groups excluding carboxylic acids is 1. The number of nitrogens with one attached hydrogen (secondary N) is 1. The zero-order chi connectivity index (χ0) is 19.5. The number of nitrogens with two attached hydrogens (primary N) is 2. The van der Waals surface area contributed by atoms with E-state index in [1.807, 2.05) is 24.3 Å². The molecule has 1 fully saturated rings. The molecule has 3 aromatic heterocycles. The zero-order valence-electron chi connectivity index (χ0n) is 15.2. The Hall–Kier alpha value is -3.65. The number of rotatable bonds is 4. The lowest BCUT2D eigenvalue weighted by atomic mass is 10.0. The van der Waals surface area contributed by atoms with Gasteiger partial charge < -0.3 is 11.1 Å². The van der Waals surface area contributed by atoms with Crippen LogP contribution in [-0.2, 0) is 4.79 Å². The minimum Gasteiger partial charge on any atom is -0.397 e. The van der Waals surface area contributed by atoms with E-state index in [-0.39, 0.29) is 5.91 Å². The second-order valence-corrected chi connectivity index (χ2v) is 6.42. The molecule has 140 valence electrons. The maximum atomic E-state index is 12.2. The van der Waals surface area contributed by atoms with Crippen molar-refractivity contribution in [1.29, 1.82) is 0 Å². The topological polar surface area (TPSA) is 123 Å². The summed E-state index contributed by atoms with van der Waals surface area (Å²) in [6.07, 6.45) is 5.01. The maximum Gasteiger partial charge on any atom is 0.242 e. The lowest BCUT2D eigenvalue weighted by molar-refractivity contribution is -0.118. The van der Waals surface area contributed by atoms with E-state index < -0.39 is 0 Å². The van der Waals surface area contributed by atoms with Gasteiger partial charge in [-0.25, -0.2) is 4.98 Å². The highest BCUT2D eigenvalue weighted by atomic mass is 16.2. The number of hydrogen-bond donors (Lipinski definition) is 3. The van der Waals surface area contributed by atoms with Crippen molar-refractivity contribution in [2.75, 3.05) is 30.3 Å². The summed E-state index contributed by atoms with van der Waals surface area (Å²) < 4.78 is 0. The molecule has 1 amide bonds. The van der Waals surface area contributed by atoms with Gasteiger partial charge in [0.2, 0.25) is 11.6 Å². The van der Waals surface area contributed by atoms with Crippen LogP contribution in [0.1, 0.15) is 11.3 Å². The molecule has 28 heavy (non-hydrogen) atoms. The number of aromatic nitrogens is 3. The Labute approximate surface area is 162 Å². The van der Waals surface area contributed by atoms with Gasteiger partial charge in [0.1, 0.15) is 11.5 Å². The first-order valence-corrected chi connectivity index (χ1v) is 8.91. The van der Waals surface area contributed by atoms with Gasteiger partial charge in [-0.05, 0) is 30.3 Å². The third kappa shape index (κ3) is 3.45. The summed E-state index contributed by atoms with van der Waals surface area (Å²) in [4.78, 5) is 26.9. The number of pyridine rings is 3. The van der Waals surface area contributed by atoms with E-state index in [2.05, 4.69) is 20.3 Å². The van der Waals surface area contributed by atoms with Crippen LogP contribution in [0.5, 0.6) is 0 Å². The van der Waals surface area contributed by atoms with Crippen molar-refractivity contribution in [3.8, 4) is 11.3 Å². The second-order valence-electron chi connectivity index (χ2n) is 6.42. The lowest BCUT2D eigenvalue weighted by Gasteiger charge is -2.26. The summed E-state index contributed by atoms with van der Waals surface area (Å²) in [6.45, 7) is 1.59. The molecular formula is C20H20N7O+. The molecule has 4 rings (SSSR count). The minimum absolute atomic E-state index is 0.0169. The Morgan fingerprint density at radius 3 is 2.89 bits per heavy atom. The fraction of sp³-hybridized carbons (Fsp3) is 0.150. The Morgan fingerprint density at radius 1 is 1.21 bits per heavy atom. The molecule has 0 saturated carbocycles. The Balaban J connectivity index is 1.68. The number of nitrogens with zero attached hydrogens (tertiary/aromatic N) is 4. The number of piperazine rings is 1. The molecule has 4 heterocycles. The smallest absolute Gasteiger partial charge is 0.242 e. The predicted molar refractivity (Wildman–Crippen MR) is 106 cm³/mol. The molecule has 0 aliphatic carbocycles. The molecular weight excluding hydrogens is 354 g/mol. The molecule has 1 saturated heterocycles. The van der Waals surface area contributed by atoms with E-state index in [1.165, 1.54) is 0 Å². The number of hydrogen-bond acceptors (Lipinski definition) is 6. The molecule has 8 nitrogen and oxygen atoms in total. The first kappa shape index (κ1) is 17.7. The van der Waals surface area contributed by atoms with Gasteiger partial charge in [0.05, 0.1) is 29.7 Å². The van der Waals surface area contributed by atoms with Gasteiger partial charge in [-0.15, -0.1) is 0 Å². The average molecular weight is 374 g/mol. The standard InChI is InChI=1S/C20H19N7O/c21-15-11-25-17(13-3-2-6-23-10-13)9-14(15)20(22)16-4-1-5-18(26-16)27-8-7-24-12-19(27)28/h1-6,9-11,22,24H,7-8,12,21H2/p+1. The third-order valence-corrected chi connectivity index (χ3v) is 4.56. The van der Waals surface area contributed by atoms with Crippen molar-refractivity contribution in [2.24, 2.45) is 0 Å². The van der Waals surface area contributed by atoms with Gasteiger partial charge in [-0.2, -0.15) is 0 Å². The molecule has 0 unspecified atom stereocenters. The number of nitrogen functional groups attached to an aromatic ring is 1. The molecule has 0 atom stereocenters. The van der Waals surface area contributed by atoms with Crippen LogP contribution in [0, 0.1) is 0 Å². The number of carbonyl (C=O) groups is 1. The Kier molecular flexibility index (Phi) is 4.77. The zero-order valence-corrected chi connectivity index (χ0v) is 15.2. The first-order chi connectivity index (χ1) is 13.6. The van der Waals surface area contributed by atoms with Crippen LogP contribution in [0.25, 0.3) is 11.3 Å². The van der Waals surface area contributed by atoms with Gasteiger partial charge in [0.25, 0.3) is 0 Å². The monoisotopic (exact) mass is 374 g/mol. The third-order valence-electron chi connectivity index (χ3n) is 4.56. The van der Waals surface area contributed by atoms with E-state index in [4.69, 9.17) is 11.1 Å². The maximum absolute atomic E-state index is 12.2. The lowest BCUT2D eigenvalue weighted by Crippen LogP contribution is -2.48. The summed E-state index contributed by atoms with van der Waals surface area (Å²) in [5.74, 6) is 0.559. The van der Waals surface area contributed by atoms with Crippen molar-refractivity contribution in [2.45, 2.75) is 0 Å². The highest BCUT2D eigenvalue weighted by Crippen LogP contribution is 2.22. The van der Waals surface area contributed by atoms with Gasteiger partial charge in [0, 0.05) is 31.0 Å². The normalized spacial score (nSPS) is 14.1. The Morgan fingerprint density at radius 2 is 2.11 bits per heavy atom. The van der Waals surface area contributed by atoms with Crippen LogP contribution in [0.3, 0.4) is 0 Å². The van der Waals surface area contributed by atoms with Crippen molar-refractivity contribution in [3.05, 3.63) is 66.2 Å². The van der Waals surface area contributed by atoms with Gasteiger partial charge in [-0.1, -0.05) is 6.07 Å². The minimum atomic E-state index is -0.0169. The SMILES string of the molecule is Nc1cnc(-c2cccnc2)cc1C(=[NH2+])c1cccc(N2CCNCC2=O)n1. The van der Waals surface area contributed by atoms with E-state index >= 15 is 0 Å². The summed E-state index contributed by atoms with van der Waals surface area (Å²) in [5, 5.41) is 9.46. The number of anilines is 2. The molecule has 0 bridgehead atoms. The predicted octanol–water partition coefficient (Wildman–Crippen LogP) is -0.347.